The first-order valence-electron chi connectivity index (χ1n) is 4.83. The molecule has 1 fully saturated rings. The number of aliphatic carboxylic acids is 1. The highest BCUT2D eigenvalue weighted by Crippen LogP contribution is 2.24. The van der Waals surface area contributed by atoms with Crippen LogP contribution < -0.4 is 0 Å². The van der Waals surface area contributed by atoms with Gasteiger partial charge in [0.05, 0.1) is 5.92 Å². The van der Waals surface area contributed by atoms with Crippen molar-refractivity contribution < 1.29 is 9.90 Å². The fraction of sp³-hybridized carbons (Fsp3) is 0.500. The molecular formula is C10H12BrNO2S. The Hall–Kier alpha value is -0.390. The topological polar surface area (TPSA) is 40.5 Å². The molecule has 2 rings (SSSR count). The minimum Gasteiger partial charge on any atom is -0.481 e. The Bertz CT molecular complexity index is 366. The van der Waals surface area contributed by atoms with Crippen LogP contribution in [0.1, 0.15) is 11.3 Å². The van der Waals surface area contributed by atoms with Crippen molar-refractivity contribution in [3.8, 4) is 0 Å². The van der Waals surface area contributed by atoms with Gasteiger partial charge in [0, 0.05) is 27.8 Å². The Morgan fingerprint density at radius 3 is 3.07 bits per heavy atom. The van der Waals surface area contributed by atoms with E-state index in [0.29, 0.717) is 6.54 Å². The van der Waals surface area contributed by atoms with Gasteiger partial charge in [-0.1, -0.05) is 0 Å². The van der Waals surface area contributed by atoms with E-state index in [0.717, 1.165) is 24.0 Å². The van der Waals surface area contributed by atoms with Crippen LogP contribution in [0.4, 0.5) is 0 Å². The van der Waals surface area contributed by atoms with Crippen molar-refractivity contribution in [1.82, 2.24) is 4.90 Å². The molecule has 2 heterocycles. The molecule has 0 amide bonds. The van der Waals surface area contributed by atoms with Crippen LogP contribution in [-0.4, -0.2) is 29.1 Å². The maximum absolute atomic E-state index is 10.8. The summed E-state index contributed by atoms with van der Waals surface area (Å²) in [6.07, 6.45) is 0.780. The first-order chi connectivity index (χ1) is 7.15. The predicted octanol–water partition coefficient (Wildman–Crippen LogP) is 2.42. The molecule has 0 bridgehead atoms. The summed E-state index contributed by atoms with van der Waals surface area (Å²) in [6.45, 7) is 2.46. The molecule has 5 heteroatoms. The quantitative estimate of drug-likeness (QED) is 0.929. The number of carbonyl (C=O) groups is 1. The van der Waals surface area contributed by atoms with Crippen LogP contribution in [0.25, 0.3) is 0 Å². The van der Waals surface area contributed by atoms with E-state index < -0.39 is 5.97 Å². The zero-order valence-corrected chi connectivity index (χ0v) is 10.6. The summed E-state index contributed by atoms with van der Waals surface area (Å²) in [6, 6.07) is 2.10. The van der Waals surface area contributed by atoms with Gasteiger partial charge >= 0.3 is 5.97 Å². The SMILES string of the molecule is O=C(O)[C@H]1CCN(Cc2cc(Br)cs2)C1. The normalized spacial score (nSPS) is 22.1. The third kappa shape index (κ3) is 2.80. The number of hydrogen-bond donors (Lipinski definition) is 1. The van der Waals surface area contributed by atoms with Crippen LogP contribution in [0.15, 0.2) is 15.9 Å². The van der Waals surface area contributed by atoms with Crippen LogP contribution in [0.2, 0.25) is 0 Å². The molecule has 1 aliphatic rings. The van der Waals surface area contributed by atoms with Gasteiger partial charge in [0.15, 0.2) is 0 Å². The van der Waals surface area contributed by atoms with E-state index in [2.05, 4.69) is 32.3 Å². The van der Waals surface area contributed by atoms with Gasteiger partial charge in [0.1, 0.15) is 0 Å². The Labute approximate surface area is 101 Å². The van der Waals surface area contributed by atoms with Crippen molar-refractivity contribution in [2.24, 2.45) is 5.92 Å². The van der Waals surface area contributed by atoms with Gasteiger partial charge in [0.2, 0.25) is 0 Å². The van der Waals surface area contributed by atoms with E-state index in [-0.39, 0.29) is 5.92 Å². The van der Waals surface area contributed by atoms with Crippen LogP contribution >= 0.6 is 27.3 Å². The Kier molecular flexibility index (Phi) is 3.43. The lowest BCUT2D eigenvalue weighted by Gasteiger charge is -2.13. The zero-order valence-electron chi connectivity index (χ0n) is 8.15. The maximum atomic E-state index is 10.8. The van der Waals surface area contributed by atoms with Crippen molar-refractivity contribution >= 4 is 33.2 Å². The minimum atomic E-state index is -0.662. The highest BCUT2D eigenvalue weighted by atomic mass is 79.9. The third-order valence-electron chi connectivity index (χ3n) is 2.62. The number of carboxylic acids is 1. The van der Waals surface area contributed by atoms with Gasteiger partial charge < -0.3 is 5.11 Å². The molecule has 1 aliphatic heterocycles. The second kappa shape index (κ2) is 4.63. The van der Waals surface area contributed by atoms with Crippen molar-refractivity contribution in [2.75, 3.05) is 13.1 Å². The summed E-state index contributed by atoms with van der Waals surface area (Å²) in [4.78, 5) is 14.3. The molecule has 0 saturated carbocycles. The second-order valence-corrected chi connectivity index (χ2v) is 5.70. The molecule has 0 radical (unpaired) electrons. The first kappa shape index (κ1) is 11.1. The Balaban J connectivity index is 1.90. The summed E-state index contributed by atoms with van der Waals surface area (Å²) in [5.41, 5.74) is 0. The molecule has 0 aliphatic carbocycles. The van der Waals surface area contributed by atoms with Crippen LogP contribution in [0, 0.1) is 5.92 Å². The van der Waals surface area contributed by atoms with Crippen LogP contribution in [0.5, 0.6) is 0 Å². The summed E-state index contributed by atoms with van der Waals surface area (Å²) >= 11 is 5.12. The Morgan fingerprint density at radius 1 is 1.73 bits per heavy atom. The number of halogens is 1. The third-order valence-corrected chi connectivity index (χ3v) is 4.31. The van der Waals surface area contributed by atoms with E-state index in [1.54, 1.807) is 11.3 Å². The maximum Gasteiger partial charge on any atom is 0.307 e. The van der Waals surface area contributed by atoms with Gasteiger partial charge in [-0.25, -0.2) is 0 Å². The first-order valence-corrected chi connectivity index (χ1v) is 6.50. The predicted molar refractivity (Wildman–Crippen MR) is 63.0 cm³/mol. The number of thiophene rings is 1. The molecule has 0 aromatic carbocycles. The number of likely N-dealkylation sites (tertiary alicyclic amines) is 1. The Morgan fingerprint density at radius 2 is 2.53 bits per heavy atom. The highest BCUT2D eigenvalue weighted by Gasteiger charge is 2.27. The van der Waals surface area contributed by atoms with Gasteiger partial charge in [-0.05, 0) is 35.0 Å². The average molecular weight is 290 g/mol. The molecule has 1 saturated heterocycles. The summed E-state index contributed by atoms with van der Waals surface area (Å²) < 4.78 is 1.11. The largest absolute Gasteiger partial charge is 0.481 e. The number of nitrogens with zero attached hydrogens (tertiary/aromatic N) is 1. The minimum absolute atomic E-state index is 0.173. The highest BCUT2D eigenvalue weighted by molar-refractivity contribution is 9.10. The zero-order chi connectivity index (χ0) is 10.8. The molecule has 1 aromatic heterocycles. The molecule has 1 atom stereocenters. The lowest BCUT2D eigenvalue weighted by atomic mass is 10.1. The molecule has 3 nitrogen and oxygen atoms in total. The fourth-order valence-corrected chi connectivity index (χ4v) is 3.33. The summed E-state index contributed by atoms with van der Waals surface area (Å²) in [5, 5.41) is 10.9. The number of hydrogen-bond acceptors (Lipinski definition) is 3. The van der Waals surface area contributed by atoms with E-state index in [4.69, 9.17) is 5.11 Å². The molecular weight excluding hydrogens is 278 g/mol. The number of carboxylic acid groups (broad SMARTS) is 1. The smallest absolute Gasteiger partial charge is 0.307 e. The second-order valence-electron chi connectivity index (χ2n) is 3.79. The van der Waals surface area contributed by atoms with Gasteiger partial charge in [-0.2, -0.15) is 0 Å². The molecule has 15 heavy (non-hydrogen) atoms. The van der Waals surface area contributed by atoms with Crippen molar-refractivity contribution in [1.29, 1.82) is 0 Å². The van der Waals surface area contributed by atoms with Crippen molar-refractivity contribution in [3.63, 3.8) is 0 Å². The van der Waals surface area contributed by atoms with Gasteiger partial charge in [-0.3, -0.25) is 9.69 Å². The average Bonchev–Trinajstić information content (AvgIpc) is 2.76. The van der Waals surface area contributed by atoms with Crippen molar-refractivity contribution in [2.45, 2.75) is 13.0 Å². The van der Waals surface area contributed by atoms with Crippen molar-refractivity contribution in [3.05, 3.63) is 20.8 Å². The monoisotopic (exact) mass is 289 g/mol. The van der Waals surface area contributed by atoms with E-state index >= 15 is 0 Å². The van der Waals surface area contributed by atoms with E-state index in [9.17, 15) is 4.79 Å². The molecule has 82 valence electrons. The van der Waals surface area contributed by atoms with Gasteiger partial charge in [-0.15, -0.1) is 11.3 Å². The standard InChI is InChI=1S/C10H12BrNO2S/c11-8-3-9(15-6-8)5-12-2-1-7(4-12)10(13)14/h3,6-7H,1-2,4-5H2,(H,13,14)/t7-/m0/s1. The van der Waals surface area contributed by atoms with Crippen LogP contribution in [0.3, 0.4) is 0 Å². The fourth-order valence-electron chi connectivity index (χ4n) is 1.83. The van der Waals surface area contributed by atoms with Gasteiger partial charge in [0.25, 0.3) is 0 Å². The molecule has 1 N–H and O–H groups in total. The lowest BCUT2D eigenvalue weighted by molar-refractivity contribution is -0.141. The van der Waals surface area contributed by atoms with Crippen LogP contribution in [-0.2, 0) is 11.3 Å². The molecule has 1 aromatic rings. The number of rotatable bonds is 3. The van der Waals surface area contributed by atoms with E-state index in [1.165, 1.54) is 4.88 Å². The lowest BCUT2D eigenvalue weighted by Crippen LogP contribution is -2.22. The molecule has 0 spiro atoms. The summed E-state index contributed by atoms with van der Waals surface area (Å²) in [7, 11) is 0. The molecule has 0 unspecified atom stereocenters. The summed E-state index contributed by atoms with van der Waals surface area (Å²) in [5.74, 6) is -0.835. The van der Waals surface area contributed by atoms with E-state index in [1.807, 2.05) is 0 Å².